The van der Waals surface area contributed by atoms with E-state index < -0.39 is 11.6 Å². The Labute approximate surface area is 120 Å². The maximum Gasteiger partial charge on any atom is 0.182 e. The summed E-state index contributed by atoms with van der Waals surface area (Å²) in [5.41, 5.74) is 0.571. The molecule has 6 heteroatoms. The van der Waals surface area contributed by atoms with Gasteiger partial charge in [-0.2, -0.15) is 0 Å². The summed E-state index contributed by atoms with van der Waals surface area (Å²) in [6.45, 7) is 5.91. The third-order valence-electron chi connectivity index (χ3n) is 2.75. The largest absolute Gasteiger partial charge is 0.337 e. The first-order valence-electron chi connectivity index (χ1n) is 5.67. The summed E-state index contributed by atoms with van der Waals surface area (Å²) >= 11 is 11.1. The lowest BCUT2D eigenvalue weighted by Gasteiger charge is -2.21. The molecule has 0 fully saturated rings. The molecule has 0 aliphatic heterocycles. The number of hydrogen-bond acceptors (Lipinski definition) is 1. The number of nitrogens with one attached hydrogen (secondary N) is 1. The van der Waals surface area contributed by atoms with Crippen LogP contribution in [0, 0.1) is 16.4 Å². The van der Waals surface area contributed by atoms with Crippen molar-refractivity contribution < 1.29 is 8.78 Å². The predicted octanol–water partition coefficient (Wildman–Crippen LogP) is 4.76. The van der Waals surface area contributed by atoms with Gasteiger partial charge in [-0.1, -0.05) is 32.4 Å². The highest BCUT2D eigenvalue weighted by Crippen LogP contribution is 2.31. The Morgan fingerprint density at radius 1 is 1.26 bits per heavy atom. The number of hydrogen-bond donors (Lipinski definition) is 1. The quantitative estimate of drug-likeness (QED) is 0.753. The van der Waals surface area contributed by atoms with E-state index in [0.29, 0.717) is 4.77 Å². The molecule has 0 saturated carbocycles. The molecule has 1 aromatic carbocycles. The van der Waals surface area contributed by atoms with E-state index in [9.17, 15) is 8.78 Å². The fraction of sp³-hybridized carbons (Fsp3) is 0.308. The maximum atomic E-state index is 14.0. The molecule has 0 aliphatic carbocycles. The zero-order valence-corrected chi connectivity index (χ0v) is 12.3. The van der Waals surface area contributed by atoms with Gasteiger partial charge in [0, 0.05) is 23.4 Å². The lowest BCUT2D eigenvalue weighted by atomic mass is 9.92. The van der Waals surface area contributed by atoms with E-state index in [1.54, 1.807) is 6.20 Å². The molecular weight excluding hydrogens is 290 g/mol. The van der Waals surface area contributed by atoms with Crippen LogP contribution < -0.4 is 0 Å². The Kier molecular flexibility index (Phi) is 3.53. The predicted molar refractivity (Wildman–Crippen MR) is 74.6 cm³/mol. The second-order valence-corrected chi connectivity index (χ2v) is 6.08. The van der Waals surface area contributed by atoms with Crippen LogP contribution >= 0.6 is 23.8 Å². The molecule has 0 atom stereocenters. The Balaban J connectivity index is 2.81. The Bertz CT molecular complexity index is 660. The van der Waals surface area contributed by atoms with Crippen molar-refractivity contribution in [1.29, 1.82) is 0 Å². The van der Waals surface area contributed by atoms with Crippen molar-refractivity contribution in [3.8, 4) is 5.69 Å². The number of H-pyrrole nitrogens is 1. The molecule has 0 amide bonds. The minimum atomic E-state index is -0.744. The number of aromatic nitrogens is 2. The first-order chi connectivity index (χ1) is 8.71. The van der Waals surface area contributed by atoms with E-state index in [-0.39, 0.29) is 16.1 Å². The van der Waals surface area contributed by atoms with E-state index in [1.807, 2.05) is 20.8 Å². The van der Waals surface area contributed by atoms with Crippen molar-refractivity contribution in [3.05, 3.63) is 45.5 Å². The first-order valence-corrected chi connectivity index (χ1v) is 6.46. The first kappa shape index (κ1) is 14.2. The fourth-order valence-corrected chi connectivity index (χ4v) is 2.42. The highest BCUT2D eigenvalue weighted by molar-refractivity contribution is 7.71. The van der Waals surface area contributed by atoms with Crippen LogP contribution in [-0.4, -0.2) is 9.55 Å². The van der Waals surface area contributed by atoms with Gasteiger partial charge in [-0.15, -0.1) is 0 Å². The number of nitrogens with zero attached hydrogens (tertiary/aromatic N) is 1. The zero-order chi connectivity index (χ0) is 14.4. The van der Waals surface area contributed by atoms with Gasteiger partial charge in [0.15, 0.2) is 10.6 Å². The van der Waals surface area contributed by atoms with Gasteiger partial charge < -0.3 is 4.98 Å². The topological polar surface area (TPSA) is 20.7 Å². The van der Waals surface area contributed by atoms with Gasteiger partial charge in [0.1, 0.15) is 11.5 Å². The molecule has 1 heterocycles. The highest BCUT2D eigenvalue weighted by atomic mass is 35.5. The molecule has 1 N–H and O–H groups in total. The average Bonchev–Trinajstić information content (AvgIpc) is 2.59. The number of imidazole rings is 1. The second kappa shape index (κ2) is 4.72. The van der Waals surface area contributed by atoms with Crippen molar-refractivity contribution in [2.24, 2.45) is 0 Å². The standard InChI is InChI=1S/C13H13ClF2N2S/c1-13(2,3)10-6-17-12(19)18(10)11-8(14)4-7(15)5-9(11)16/h4-6H,1-3H3,(H,17,19). The Hall–Kier alpha value is -1.20. The lowest BCUT2D eigenvalue weighted by Crippen LogP contribution is -2.17. The Morgan fingerprint density at radius 3 is 2.42 bits per heavy atom. The zero-order valence-electron chi connectivity index (χ0n) is 10.7. The van der Waals surface area contributed by atoms with Crippen molar-refractivity contribution in [2.45, 2.75) is 26.2 Å². The number of rotatable bonds is 1. The summed E-state index contributed by atoms with van der Waals surface area (Å²) in [6.07, 6.45) is 1.71. The molecule has 19 heavy (non-hydrogen) atoms. The second-order valence-electron chi connectivity index (χ2n) is 5.28. The van der Waals surface area contributed by atoms with Gasteiger partial charge in [-0.3, -0.25) is 4.57 Å². The van der Waals surface area contributed by atoms with Crippen LogP contribution in [-0.2, 0) is 5.41 Å². The summed E-state index contributed by atoms with van der Waals surface area (Å²) in [5.74, 6) is -1.46. The molecule has 102 valence electrons. The average molecular weight is 303 g/mol. The monoisotopic (exact) mass is 302 g/mol. The summed E-state index contributed by atoms with van der Waals surface area (Å²) in [4.78, 5) is 2.87. The van der Waals surface area contributed by atoms with E-state index in [0.717, 1.165) is 17.8 Å². The van der Waals surface area contributed by atoms with Gasteiger partial charge in [-0.05, 0) is 18.3 Å². The van der Waals surface area contributed by atoms with Gasteiger partial charge in [0.05, 0.1) is 5.02 Å². The van der Waals surface area contributed by atoms with Crippen LogP contribution in [0.25, 0.3) is 5.69 Å². The molecule has 0 unspecified atom stereocenters. The minimum Gasteiger partial charge on any atom is -0.337 e. The van der Waals surface area contributed by atoms with E-state index in [4.69, 9.17) is 23.8 Å². The van der Waals surface area contributed by atoms with E-state index in [2.05, 4.69) is 4.98 Å². The van der Waals surface area contributed by atoms with Crippen molar-refractivity contribution in [1.82, 2.24) is 9.55 Å². The van der Waals surface area contributed by atoms with E-state index in [1.165, 1.54) is 4.57 Å². The maximum absolute atomic E-state index is 14.0. The molecule has 0 spiro atoms. The van der Waals surface area contributed by atoms with Crippen LogP contribution in [0.4, 0.5) is 8.78 Å². The molecule has 0 aliphatic rings. The number of benzene rings is 1. The fourth-order valence-electron chi connectivity index (χ4n) is 1.89. The summed E-state index contributed by atoms with van der Waals surface area (Å²) in [5, 5.41) is -0.0151. The molecule has 0 saturated heterocycles. The SMILES string of the molecule is CC(C)(C)c1c[nH]c(=S)n1-c1c(F)cc(F)cc1Cl. The Morgan fingerprint density at radius 2 is 1.89 bits per heavy atom. The molecule has 1 aromatic heterocycles. The van der Waals surface area contributed by atoms with Gasteiger partial charge in [-0.25, -0.2) is 8.78 Å². The normalized spacial score (nSPS) is 11.9. The van der Waals surface area contributed by atoms with Gasteiger partial charge in [0.25, 0.3) is 0 Å². The third-order valence-corrected chi connectivity index (χ3v) is 3.34. The van der Waals surface area contributed by atoms with E-state index >= 15 is 0 Å². The summed E-state index contributed by atoms with van der Waals surface area (Å²) < 4.78 is 29.0. The van der Waals surface area contributed by atoms with Crippen LogP contribution in [0.2, 0.25) is 5.02 Å². The highest BCUT2D eigenvalue weighted by Gasteiger charge is 2.23. The molecule has 2 rings (SSSR count). The van der Waals surface area contributed by atoms with Gasteiger partial charge >= 0.3 is 0 Å². The molecule has 2 aromatic rings. The van der Waals surface area contributed by atoms with Crippen LogP contribution in [0.3, 0.4) is 0 Å². The minimum absolute atomic E-state index is 0.0151. The molecule has 0 bridgehead atoms. The summed E-state index contributed by atoms with van der Waals surface area (Å²) in [6, 6.07) is 1.86. The molecular formula is C13H13ClF2N2S. The number of halogens is 3. The summed E-state index contributed by atoms with van der Waals surface area (Å²) in [7, 11) is 0. The van der Waals surface area contributed by atoms with Crippen LogP contribution in [0.5, 0.6) is 0 Å². The third kappa shape index (κ3) is 2.58. The van der Waals surface area contributed by atoms with Gasteiger partial charge in [0.2, 0.25) is 0 Å². The molecule has 2 nitrogen and oxygen atoms in total. The van der Waals surface area contributed by atoms with Crippen molar-refractivity contribution >= 4 is 23.8 Å². The molecule has 0 radical (unpaired) electrons. The lowest BCUT2D eigenvalue weighted by molar-refractivity contribution is 0.542. The van der Waals surface area contributed by atoms with Crippen molar-refractivity contribution in [3.63, 3.8) is 0 Å². The van der Waals surface area contributed by atoms with Crippen LogP contribution in [0.15, 0.2) is 18.3 Å². The van der Waals surface area contributed by atoms with Crippen LogP contribution in [0.1, 0.15) is 26.5 Å². The number of aromatic amines is 1. The van der Waals surface area contributed by atoms with Crippen molar-refractivity contribution in [2.75, 3.05) is 0 Å². The smallest absolute Gasteiger partial charge is 0.182 e.